The average Bonchev–Trinajstić information content (AvgIpc) is 2.61. The van der Waals surface area contributed by atoms with Gasteiger partial charge in [-0.05, 0) is 24.3 Å². The maximum atomic E-state index is 12.1. The minimum atomic E-state index is -0.510. The molecule has 0 saturated heterocycles. The second-order valence-corrected chi connectivity index (χ2v) is 4.87. The molecule has 3 rings (SSSR count). The van der Waals surface area contributed by atoms with Crippen molar-refractivity contribution in [3.8, 4) is 11.5 Å². The Morgan fingerprint density at radius 3 is 2.71 bits per heavy atom. The number of nitrogens with zero attached hydrogens (tertiary/aromatic N) is 2. The van der Waals surface area contributed by atoms with E-state index in [4.69, 9.17) is 9.47 Å². The zero-order valence-electron chi connectivity index (χ0n) is 12.5. The first-order valence-corrected chi connectivity index (χ1v) is 7.11. The summed E-state index contributed by atoms with van der Waals surface area (Å²) in [5, 5.41) is 14.7. The first-order chi connectivity index (χ1) is 11.6. The van der Waals surface area contributed by atoms with Crippen LogP contribution in [0.4, 0.5) is 5.69 Å². The zero-order chi connectivity index (χ0) is 16.9. The quantitative estimate of drug-likeness (QED) is 0.526. The maximum Gasteiger partial charge on any atom is 0.278 e. The number of ether oxygens (including phenoxy) is 2. The van der Waals surface area contributed by atoms with E-state index < -0.39 is 10.8 Å². The molecule has 0 unspecified atom stereocenters. The van der Waals surface area contributed by atoms with E-state index in [0.29, 0.717) is 35.8 Å². The topological polar surface area (TPSA) is 103 Å². The van der Waals surface area contributed by atoms with Gasteiger partial charge in [-0.25, -0.2) is 5.43 Å². The van der Waals surface area contributed by atoms with E-state index in [-0.39, 0.29) is 5.69 Å². The second kappa shape index (κ2) is 6.78. The van der Waals surface area contributed by atoms with Gasteiger partial charge in [-0.3, -0.25) is 14.9 Å². The minimum absolute atomic E-state index is 0.0881. The molecule has 0 saturated carbocycles. The number of hydrogen-bond donors (Lipinski definition) is 1. The molecule has 1 heterocycles. The number of carbonyl (C=O) groups is 1. The summed E-state index contributed by atoms with van der Waals surface area (Å²) in [6, 6.07) is 10.9. The van der Waals surface area contributed by atoms with Gasteiger partial charge in [0.25, 0.3) is 11.6 Å². The van der Waals surface area contributed by atoms with Gasteiger partial charge in [-0.1, -0.05) is 12.1 Å². The van der Waals surface area contributed by atoms with Gasteiger partial charge in [-0.15, -0.1) is 0 Å². The summed E-state index contributed by atoms with van der Waals surface area (Å²) >= 11 is 0. The molecule has 1 aliphatic heterocycles. The minimum Gasteiger partial charge on any atom is -0.486 e. The summed E-state index contributed by atoms with van der Waals surface area (Å²) in [6.07, 6.45) is 1.23. The van der Waals surface area contributed by atoms with E-state index in [9.17, 15) is 14.9 Å². The SMILES string of the molecule is O=C(N/N=C\c1ccccc1[N+](=O)[O-])c1ccc2c(c1)OCCO2. The number of benzene rings is 2. The lowest BCUT2D eigenvalue weighted by Crippen LogP contribution is -2.19. The number of nitro groups is 1. The third kappa shape index (κ3) is 3.32. The molecule has 2 aromatic carbocycles. The van der Waals surface area contributed by atoms with E-state index in [0.717, 1.165) is 0 Å². The van der Waals surface area contributed by atoms with Crippen molar-refractivity contribution in [2.45, 2.75) is 0 Å². The number of amides is 1. The molecule has 1 aliphatic rings. The summed E-state index contributed by atoms with van der Waals surface area (Å²) in [5.74, 6) is 0.625. The van der Waals surface area contributed by atoms with Crippen LogP contribution in [0, 0.1) is 10.1 Å². The molecule has 0 bridgehead atoms. The van der Waals surface area contributed by atoms with Crippen molar-refractivity contribution in [3.63, 3.8) is 0 Å². The van der Waals surface area contributed by atoms with E-state index in [1.54, 1.807) is 30.3 Å². The van der Waals surface area contributed by atoms with Crippen molar-refractivity contribution in [2.75, 3.05) is 13.2 Å². The predicted octanol–water partition coefficient (Wildman–Crippen LogP) is 2.13. The molecule has 8 nitrogen and oxygen atoms in total. The van der Waals surface area contributed by atoms with Crippen LogP contribution in [0.15, 0.2) is 47.6 Å². The first-order valence-electron chi connectivity index (χ1n) is 7.11. The van der Waals surface area contributed by atoms with Crippen LogP contribution in [0.25, 0.3) is 0 Å². The van der Waals surface area contributed by atoms with E-state index in [1.165, 1.54) is 18.3 Å². The Hall–Kier alpha value is -3.42. The Labute approximate surface area is 136 Å². The highest BCUT2D eigenvalue weighted by Gasteiger charge is 2.15. The zero-order valence-corrected chi connectivity index (χ0v) is 12.5. The summed E-state index contributed by atoms with van der Waals surface area (Å²) < 4.78 is 10.8. The van der Waals surface area contributed by atoms with Crippen molar-refractivity contribution >= 4 is 17.8 Å². The third-order valence-electron chi connectivity index (χ3n) is 3.31. The number of carbonyl (C=O) groups excluding carboxylic acids is 1. The molecule has 0 atom stereocenters. The predicted molar refractivity (Wildman–Crippen MR) is 85.6 cm³/mol. The van der Waals surface area contributed by atoms with Gasteiger partial charge in [0.1, 0.15) is 13.2 Å². The molecule has 2 aromatic rings. The van der Waals surface area contributed by atoms with Crippen LogP contribution in [0.5, 0.6) is 11.5 Å². The van der Waals surface area contributed by atoms with Crippen molar-refractivity contribution in [1.82, 2.24) is 5.43 Å². The van der Waals surface area contributed by atoms with Crippen LogP contribution in [0.2, 0.25) is 0 Å². The Balaban J connectivity index is 1.71. The highest BCUT2D eigenvalue weighted by molar-refractivity contribution is 5.95. The average molecular weight is 327 g/mol. The molecule has 0 aliphatic carbocycles. The smallest absolute Gasteiger partial charge is 0.278 e. The van der Waals surface area contributed by atoms with Crippen LogP contribution in [0.3, 0.4) is 0 Å². The lowest BCUT2D eigenvalue weighted by atomic mass is 10.2. The lowest BCUT2D eigenvalue weighted by Gasteiger charge is -2.18. The van der Waals surface area contributed by atoms with Gasteiger partial charge in [0.15, 0.2) is 11.5 Å². The molecule has 24 heavy (non-hydrogen) atoms. The van der Waals surface area contributed by atoms with E-state index in [1.807, 2.05) is 0 Å². The maximum absolute atomic E-state index is 12.1. The van der Waals surface area contributed by atoms with Crippen molar-refractivity contribution in [2.24, 2.45) is 5.10 Å². The fraction of sp³-hybridized carbons (Fsp3) is 0.125. The van der Waals surface area contributed by atoms with E-state index >= 15 is 0 Å². The number of hydrazone groups is 1. The summed E-state index contributed by atoms with van der Waals surface area (Å²) in [6.45, 7) is 0.895. The fourth-order valence-corrected chi connectivity index (χ4v) is 2.17. The normalized spacial score (nSPS) is 12.8. The number of fused-ring (bicyclic) bond motifs is 1. The third-order valence-corrected chi connectivity index (χ3v) is 3.31. The van der Waals surface area contributed by atoms with Crippen LogP contribution in [0.1, 0.15) is 15.9 Å². The molecule has 0 fully saturated rings. The lowest BCUT2D eigenvalue weighted by molar-refractivity contribution is -0.385. The summed E-state index contributed by atoms with van der Waals surface area (Å²) in [5.41, 5.74) is 2.89. The highest BCUT2D eigenvalue weighted by atomic mass is 16.6. The summed E-state index contributed by atoms with van der Waals surface area (Å²) in [4.78, 5) is 22.5. The molecule has 1 amide bonds. The molecular formula is C16H13N3O5. The molecule has 8 heteroatoms. The van der Waals surface area contributed by atoms with Crippen LogP contribution < -0.4 is 14.9 Å². The molecule has 0 radical (unpaired) electrons. The van der Waals surface area contributed by atoms with E-state index in [2.05, 4.69) is 10.5 Å². The summed E-state index contributed by atoms with van der Waals surface area (Å²) in [7, 11) is 0. The molecule has 0 aromatic heterocycles. The monoisotopic (exact) mass is 327 g/mol. The van der Waals surface area contributed by atoms with Crippen LogP contribution >= 0.6 is 0 Å². The van der Waals surface area contributed by atoms with Gasteiger partial charge >= 0.3 is 0 Å². The molecular weight excluding hydrogens is 314 g/mol. The number of nitrogens with one attached hydrogen (secondary N) is 1. The number of rotatable bonds is 4. The Kier molecular flexibility index (Phi) is 4.37. The van der Waals surface area contributed by atoms with Gasteiger partial charge in [0.2, 0.25) is 0 Å². The van der Waals surface area contributed by atoms with Crippen molar-refractivity contribution in [3.05, 3.63) is 63.7 Å². The Bertz CT molecular complexity index is 819. The van der Waals surface area contributed by atoms with Crippen molar-refractivity contribution < 1.29 is 19.2 Å². The first kappa shape index (κ1) is 15.5. The largest absolute Gasteiger partial charge is 0.486 e. The Morgan fingerprint density at radius 1 is 1.17 bits per heavy atom. The molecule has 122 valence electrons. The van der Waals surface area contributed by atoms with Gasteiger partial charge in [0.05, 0.1) is 16.7 Å². The number of para-hydroxylation sites is 1. The van der Waals surface area contributed by atoms with Gasteiger partial charge < -0.3 is 9.47 Å². The van der Waals surface area contributed by atoms with Crippen molar-refractivity contribution in [1.29, 1.82) is 0 Å². The second-order valence-electron chi connectivity index (χ2n) is 4.87. The number of hydrogen-bond acceptors (Lipinski definition) is 6. The molecule has 1 N–H and O–H groups in total. The number of nitro benzene ring substituents is 1. The highest BCUT2D eigenvalue weighted by Crippen LogP contribution is 2.30. The van der Waals surface area contributed by atoms with Gasteiger partial charge in [-0.2, -0.15) is 5.10 Å². The van der Waals surface area contributed by atoms with Crippen LogP contribution in [-0.2, 0) is 0 Å². The fourth-order valence-electron chi connectivity index (χ4n) is 2.17. The Morgan fingerprint density at radius 2 is 1.92 bits per heavy atom. The van der Waals surface area contributed by atoms with Crippen LogP contribution in [-0.4, -0.2) is 30.3 Å². The standard InChI is InChI=1S/C16H13N3O5/c20-16(11-5-6-14-15(9-11)24-8-7-23-14)18-17-10-12-3-1-2-4-13(12)19(21)22/h1-6,9-10H,7-8H2,(H,18,20)/b17-10-. The van der Waals surface area contributed by atoms with Gasteiger partial charge in [0, 0.05) is 11.6 Å². The molecule has 0 spiro atoms.